The first-order chi connectivity index (χ1) is 10.1. The molecule has 1 aromatic carbocycles. The average Bonchev–Trinajstić information content (AvgIpc) is 2.47. The Morgan fingerprint density at radius 3 is 2.81 bits per heavy atom. The van der Waals surface area contributed by atoms with Gasteiger partial charge in [-0.1, -0.05) is 44.4 Å². The molecule has 0 saturated heterocycles. The number of unbranched alkanes of at least 4 members (excludes halogenated alkanes) is 2. The SMILES string of the molecule is CCCCCC(C)Nc1c([N+](=O)[O-])cnc2ccccc12. The lowest BCUT2D eigenvalue weighted by Crippen LogP contribution is -2.16. The molecule has 0 amide bonds. The van der Waals surface area contributed by atoms with Crippen molar-refractivity contribution in [3.05, 3.63) is 40.6 Å². The first-order valence-corrected chi connectivity index (χ1v) is 7.42. The standard InChI is InChI=1S/C16H21N3O2/c1-3-4-5-8-12(2)18-16-13-9-6-7-10-14(13)17-11-15(16)19(20)21/h6-7,9-12H,3-5,8H2,1-2H3,(H,17,18). The molecule has 5 heteroatoms. The lowest BCUT2D eigenvalue weighted by molar-refractivity contribution is -0.384. The second-order valence-corrected chi connectivity index (χ2v) is 5.33. The molecule has 0 radical (unpaired) electrons. The van der Waals surface area contributed by atoms with E-state index in [4.69, 9.17) is 0 Å². The van der Waals surface area contributed by atoms with E-state index in [9.17, 15) is 10.1 Å². The van der Waals surface area contributed by atoms with Gasteiger partial charge in [-0.3, -0.25) is 10.1 Å². The third-order valence-corrected chi connectivity index (χ3v) is 3.58. The minimum atomic E-state index is -0.374. The van der Waals surface area contributed by atoms with Gasteiger partial charge in [-0.15, -0.1) is 0 Å². The molecule has 1 aromatic heterocycles. The molecule has 0 aliphatic heterocycles. The number of pyridine rings is 1. The Hall–Kier alpha value is -2.17. The summed E-state index contributed by atoms with van der Waals surface area (Å²) in [5.74, 6) is 0. The number of rotatable bonds is 7. The minimum absolute atomic E-state index is 0.0380. The van der Waals surface area contributed by atoms with Crippen molar-refractivity contribution < 1.29 is 4.92 Å². The van der Waals surface area contributed by atoms with Crippen LogP contribution >= 0.6 is 0 Å². The molecule has 5 nitrogen and oxygen atoms in total. The zero-order valence-electron chi connectivity index (χ0n) is 12.5. The highest BCUT2D eigenvalue weighted by atomic mass is 16.6. The molecule has 0 spiro atoms. The maximum absolute atomic E-state index is 11.2. The Balaban J connectivity index is 2.31. The molecular formula is C16H21N3O2. The van der Waals surface area contributed by atoms with E-state index >= 15 is 0 Å². The third kappa shape index (κ3) is 3.68. The van der Waals surface area contributed by atoms with Gasteiger partial charge in [0.15, 0.2) is 0 Å². The number of hydrogen-bond acceptors (Lipinski definition) is 4. The van der Waals surface area contributed by atoms with E-state index in [0.29, 0.717) is 5.69 Å². The number of nitro groups is 1. The lowest BCUT2D eigenvalue weighted by atomic mass is 10.1. The predicted molar refractivity (Wildman–Crippen MR) is 85.6 cm³/mol. The maximum atomic E-state index is 11.2. The average molecular weight is 287 g/mol. The van der Waals surface area contributed by atoms with Crippen molar-refractivity contribution in [1.29, 1.82) is 0 Å². The highest BCUT2D eigenvalue weighted by molar-refractivity contribution is 5.95. The van der Waals surface area contributed by atoms with Crippen LogP contribution in [0.5, 0.6) is 0 Å². The largest absolute Gasteiger partial charge is 0.376 e. The van der Waals surface area contributed by atoms with Gasteiger partial charge in [0.25, 0.3) is 0 Å². The number of para-hydroxylation sites is 1. The van der Waals surface area contributed by atoms with Crippen LogP contribution in [0.1, 0.15) is 39.5 Å². The van der Waals surface area contributed by atoms with Crippen LogP contribution in [0.4, 0.5) is 11.4 Å². The van der Waals surface area contributed by atoms with Gasteiger partial charge < -0.3 is 5.32 Å². The molecule has 2 rings (SSSR count). The second kappa shape index (κ2) is 7.02. The van der Waals surface area contributed by atoms with Gasteiger partial charge in [0.2, 0.25) is 0 Å². The predicted octanol–water partition coefficient (Wildman–Crippen LogP) is 4.52. The third-order valence-electron chi connectivity index (χ3n) is 3.58. The van der Waals surface area contributed by atoms with Crippen LogP contribution in [-0.4, -0.2) is 15.9 Å². The summed E-state index contributed by atoms with van der Waals surface area (Å²) in [6.45, 7) is 4.23. The highest BCUT2D eigenvalue weighted by Gasteiger charge is 2.19. The van der Waals surface area contributed by atoms with Gasteiger partial charge >= 0.3 is 5.69 Å². The summed E-state index contributed by atoms with van der Waals surface area (Å²) in [4.78, 5) is 15.0. The first kappa shape index (κ1) is 15.2. The summed E-state index contributed by atoms with van der Waals surface area (Å²) in [7, 11) is 0. The van der Waals surface area contributed by atoms with E-state index in [1.807, 2.05) is 24.3 Å². The Morgan fingerprint density at radius 2 is 2.10 bits per heavy atom. The molecule has 21 heavy (non-hydrogen) atoms. The van der Waals surface area contributed by atoms with Crippen LogP contribution in [0.3, 0.4) is 0 Å². The molecule has 0 bridgehead atoms. The summed E-state index contributed by atoms with van der Waals surface area (Å²) in [5.41, 5.74) is 1.39. The number of nitrogens with one attached hydrogen (secondary N) is 1. The zero-order chi connectivity index (χ0) is 15.2. The molecule has 2 aromatic rings. The van der Waals surface area contributed by atoms with Gasteiger partial charge in [0.05, 0.1) is 10.4 Å². The normalized spacial score (nSPS) is 12.3. The van der Waals surface area contributed by atoms with E-state index in [1.54, 1.807) is 0 Å². The van der Waals surface area contributed by atoms with Crippen molar-refractivity contribution in [2.45, 2.75) is 45.6 Å². The summed E-state index contributed by atoms with van der Waals surface area (Å²) >= 11 is 0. The van der Waals surface area contributed by atoms with E-state index in [-0.39, 0.29) is 16.7 Å². The van der Waals surface area contributed by atoms with Gasteiger partial charge in [0.1, 0.15) is 11.9 Å². The quantitative estimate of drug-likeness (QED) is 0.461. The Labute approximate surface area is 124 Å². The molecule has 0 aliphatic rings. The number of nitrogens with zero attached hydrogens (tertiary/aromatic N) is 2. The van der Waals surface area contributed by atoms with Crippen LogP contribution in [0.15, 0.2) is 30.5 Å². The number of anilines is 1. The Morgan fingerprint density at radius 1 is 1.33 bits per heavy atom. The molecule has 0 aliphatic carbocycles. The van der Waals surface area contributed by atoms with E-state index < -0.39 is 0 Å². The van der Waals surface area contributed by atoms with Crippen molar-refractivity contribution in [2.75, 3.05) is 5.32 Å². The fourth-order valence-electron chi connectivity index (χ4n) is 2.44. The van der Waals surface area contributed by atoms with Crippen molar-refractivity contribution in [1.82, 2.24) is 4.98 Å². The smallest absolute Gasteiger partial charge is 0.311 e. The molecule has 1 atom stereocenters. The van der Waals surface area contributed by atoms with Gasteiger partial charge in [0, 0.05) is 11.4 Å². The topological polar surface area (TPSA) is 68.1 Å². The van der Waals surface area contributed by atoms with E-state index in [2.05, 4.69) is 24.1 Å². The summed E-state index contributed by atoms with van der Waals surface area (Å²) in [5, 5.41) is 15.3. The monoisotopic (exact) mass is 287 g/mol. The van der Waals surface area contributed by atoms with Crippen LogP contribution in [0.2, 0.25) is 0 Å². The zero-order valence-corrected chi connectivity index (χ0v) is 12.5. The fraction of sp³-hybridized carbons (Fsp3) is 0.438. The summed E-state index contributed by atoms with van der Waals surface area (Å²) in [6.07, 6.45) is 5.82. The fourth-order valence-corrected chi connectivity index (χ4v) is 2.44. The van der Waals surface area contributed by atoms with E-state index in [0.717, 1.165) is 23.7 Å². The Kier molecular flexibility index (Phi) is 5.09. The molecule has 0 saturated carbocycles. The van der Waals surface area contributed by atoms with Crippen LogP contribution < -0.4 is 5.32 Å². The number of fused-ring (bicyclic) bond motifs is 1. The molecular weight excluding hydrogens is 266 g/mol. The maximum Gasteiger partial charge on any atom is 0.311 e. The molecule has 1 N–H and O–H groups in total. The number of benzene rings is 1. The summed E-state index contributed by atoms with van der Waals surface area (Å²) < 4.78 is 0. The van der Waals surface area contributed by atoms with Gasteiger partial charge in [-0.05, 0) is 19.4 Å². The van der Waals surface area contributed by atoms with Gasteiger partial charge in [-0.2, -0.15) is 0 Å². The second-order valence-electron chi connectivity index (χ2n) is 5.33. The molecule has 0 fully saturated rings. The summed E-state index contributed by atoms with van der Waals surface area (Å²) in [6, 6.07) is 7.69. The van der Waals surface area contributed by atoms with E-state index in [1.165, 1.54) is 19.0 Å². The van der Waals surface area contributed by atoms with Crippen LogP contribution in [0.25, 0.3) is 10.9 Å². The van der Waals surface area contributed by atoms with Crippen molar-refractivity contribution in [2.24, 2.45) is 0 Å². The Bertz CT molecular complexity index is 628. The number of hydrogen-bond donors (Lipinski definition) is 1. The van der Waals surface area contributed by atoms with Gasteiger partial charge in [-0.25, -0.2) is 4.98 Å². The lowest BCUT2D eigenvalue weighted by Gasteiger charge is -2.16. The number of aromatic nitrogens is 1. The first-order valence-electron chi connectivity index (χ1n) is 7.42. The van der Waals surface area contributed by atoms with Crippen molar-refractivity contribution >= 4 is 22.3 Å². The van der Waals surface area contributed by atoms with Crippen LogP contribution in [-0.2, 0) is 0 Å². The molecule has 112 valence electrons. The minimum Gasteiger partial charge on any atom is -0.376 e. The van der Waals surface area contributed by atoms with Crippen molar-refractivity contribution in [3.63, 3.8) is 0 Å². The van der Waals surface area contributed by atoms with Crippen LogP contribution in [0, 0.1) is 10.1 Å². The molecule has 1 heterocycles. The highest BCUT2D eigenvalue weighted by Crippen LogP contribution is 2.32. The van der Waals surface area contributed by atoms with Crippen molar-refractivity contribution in [3.8, 4) is 0 Å². The molecule has 1 unspecified atom stereocenters.